The predicted octanol–water partition coefficient (Wildman–Crippen LogP) is 4.42. The Kier molecular flexibility index (Phi) is 6.01. The second kappa shape index (κ2) is 7.99. The molecule has 0 aliphatic heterocycles. The minimum atomic E-state index is -1.07. The Morgan fingerprint density at radius 1 is 1.38 bits per heavy atom. The van der Waals surface area contributed by atoms with Crippen LogP contribution in [0.25, 0.3) is 10.9 Å². The predicted molar refractivity (Wildman–Crippen MR) is 96.7 cm³/mol. The lowest BCUT2D eigenvalue weighted by atomic mass is 10.0. The molecular formula is C19H26N2O3. The number of aryl methyl sites for hydroxylation is 1. The smallest absolute Gasteiger partial charge is 0.339 e. The molecule has 0 saturated carbocycles. The Labute approximate surface area is 142 Å². The van der Waals surface area contributed by atoms with Gasteiger partial charge in [-0.2, -0.15) is 0 Å². The molecule has 0 saturated heterocycles. The summed E-state index contributed by atoms with van der Waals surface area (Å²) in [6.45, 7) is 6.60. The average Bonchev–Trinajstić information content (AvgIpc) is 2.54. The van der Waals surface area contributed by atoms with Gasteiger partial charge in [0.2, 0.25) is 0 Å². The molecule has 0 aliphatic carbocycles. The van der Waals surface area contributed by atoms with E-state index in [0.29, 0.717) is 34.9 Å². The molecule has 24 heavy (non-hydrogen) atoms. The lowest BCUT2D eigenvalue weighted by Gasteiger charge is -2.18. The molecule has 1 aromatic carbocycles. The molecule has 3 N–H and O–H groups in total. The number of benzene rings is 1. The first kappa shape index (κ1) is 18.0. The minimum absolute atomic E-state index is 0.0524. The molecule has 0 bridgehead atoms. The molecule has 0 radical (unpaired) electrons. The van der Waals surface area contributed by atoms with Gasteiger partial charge in [0.1, 0.15) is 11.3 Å². The fourth-order valence-electron chi connectivity index (χ4n) is 2.94. The van der Waals surface area contributed by atoms with Crippen molar-refractivity contribution in [2.75, 3.05) is 12.3 Å². The maximum Gasteiger partial charge on any atom is 0.339 e. The molecule has 2 aromatic rings. The fourth-order valence-corrected chi connectivity index (χ4v) is 2.94. The van der Waals surface area contributed by atoms with Crippen molar-refractivity contribution < 1.29 is 14.6 Å². The van der Waals surface area contributed by atoms with Crippen molar-refractivity contribution in [2.45, 2.75) is 46.5 Å². The molecular weight excluding hydrogens is 304 g/mol. The summed E-state index contributed by atoms with van der Waals surface area (Å²) < 4.78 is 6.01. The number of aromatic carboxylic acids is 1. The molecule has 0 spiro atoms. The highest BCUT2D eigenvalue weighted by atomic mass is 16.5. The molecule has 0 fully saturated rings. The van der Waals surface area contributed by atoms with Gasteiger partial charge in [-0.3, -0.25) is 4.98 Å². The maximum atomic E-state index is 11.5. The SMILES string of the molecule is CCCCC(CC)COc1cccc2nc(C)c(C(=O)O)c(N)c12. The van der Waals surface area contributed by atoms with E-state index in [2.05, 4.69) is 18.8 Å². The Bertz CT molecular complexity index is 728. The standard InChI is InChI=1S/C19H26N2O3/c1-4-6-8-13(5-2)11-24-15-10-7-9-14-17(15)18(20)16(19(22)23)12(3)21-14/h7,9-10,13H,4-6,8,11H2,1-3H3,(H2,20,21)(H,22,23). The number of carbonyl (C=O) groups is 1. The van der Waals surface area contributed by atoms with Crippen LogP contribution in [-0.4, -0.2) is 22.7 Å². The molecule has 2 rings (SSSR count). The van der Waals surface area contributed by atoms with Crippen molar-refractivity contribution in [1.29, 1.82) is 0 Å². The van der Waals surface area contributed by atoms with Gasteiger partial charge >= 0.3 is 5.97 Å². The molecule has 1 atom stereocenters. The molecule has 5 nitrogen and oxygen atoms in total. The zero-order valence-corrected chi connectivity index (χ0v) is 14.6. The molecule has 5 heteroatoms. The van der Waals surface area contributed by atoms with Gasteiger partial charge in [0.05, 0.1) is 28.9 Å². The summed E-state index contributed by atoms with van der Waals surface area (Å²) in [7, 11) is 0. The zero-order valence-electron chi connectivity index (χ0n) is 14.6. The first-order valence-corrected chi connectivity index (χ1v) is 8.54. The fraction of sp³-hybridized carbons (Fsp3) is 0.474. The van der Waals surface area contributed by atoms with Crippen LogP contribution in [0.4, 0.5) is 5.69 Å². The number of pyridine rings is 1. The van der Waals surface area contributed by atoms with Crippen molar-refractivity contribution in [1.82, 2.24) is 4.98 Å². The topological polar surface area (TPSA) is 85.4 Å². The van der Waals surface area contributed by atoms with Gasteiger partial charge in [-0.25, -0.2) is 4.79 Å². The molecule has 1 aromatic heterocycles. The molecule has 0 amide bonds. The number of nitrogen functional groups attached to an aromatic ring is 1. The highest BCUT2D eigenvalue weighted by Crippen LogP contribution is 2.33. The van der Waals surface area contributed by atoms with Crippen LogP contribution in [0, 0.1) is 12.8 Å². The summed E-state index contributed by atoms with van der Waals surface area (Å²) in [6.07, 6.45) is 4.54. The number of anilines is 1. The Morgan fingerprint density at radius 3 is 2.75 bits per heavy atom. The first-order valence-electron chi connectivity index (χ1n) is 8.54. The summed E-state index contributed by atoms with van der Waals surface area (Å²) >= 11 is 0. The highest BCUT2D eigenvalue weighted by molar-refractivity contribution is 6.06. The summed E-state index contributed by atoms with van der Waals surface area (Å²) in [4.78, 5) is 15.8. The number of aromatic nitrogens is 1. The van der Waals surface area contributed by atoms with Gasteiger partial charge in [-0.1, -0.05) is 39.2 Å². The van der Waals surface area contributed by atoms with Gasteiger partial charge in [0.15, 0.2) is 0 Å². The minimum Gasteiger partial charge on any atom is -0.493 e. The van der Waals surface area contributed by atoms with Crippen LogP contribution in [0.5, 0.6) is 5.75 Å². The lowest BCUT2D eigenvalue weighted by Crippen LogP contribution is -2.13. The Hall–Kier alpha value is -2.30. The van der Waals surface area contributed by atoms with E-state index in [1.165, 1.54) is 12.8 Å². The number of ether oxygens (including phenoxy) is 1. The van der Waals surface area contributed by atoms with Gasteiger partial charge in [0.25, 0.3) is 0 Å². The average molecular weight is 330 g/mol. The number of hydrogen-bond acceptors (Lipinski definition) is 4. The largest absolute Gasteiger partial charge is 0.493 e. The number of nitrogens with two attached hydrogens (primary N) is 1. The van der Waals surface area contributed by atoms with E-state index in [4.69, 9.17) is 10.5 Å². The third kappa shape index (κ3) is 3.78. The lowest BCUT2D eigenvalue weighted by molar-refractivity contribution is 0.0697. The molecule has 0 aliphatic rings. The molecule has 1 heterocycles. The molecule has 1 unspecified atom stereocenters. The van der Waals surface area contributed by atoms with E-state index in [-0.39, 0.29) is 11.3 Å². The van der Waals surface area contributed by atoms with Crippen LogP contribution in [-0.2, 0) is 0 Å². The number of rotatable bonds is 8. The maximum absolute atomic E-state index is 11.5. The normalized spacial score (nSPS) is 12.3. The van der Waals surface area contributed by atoms with Crippen LogP contribution < -0.4 is 10.5 Å². The van der Waals surface area contributed by atoms with Crippen molar-refractivity contribution in [2.24, 2.45) is 5.92 Å². The third-order valence-electron chi connectivity index (χ3n) is 4.42. The van der Waals surface area contributed by atoms with Crippen molar-refractivity contribution in [3.05, 3.63) is 29.5 Å². The van der Waals surface area contributed by atoms with Crippen LogP contribution in [0.15, 0.2) is 18.2 Å². The third-order valence-corrected chi connectivity index (χ3v) is 4.42. The Morgan fingerprint density at radius 2 is 2.12 bits per heavy atom. The van der Waals surface area contributed by atoms with Crippen molar-refractivity contribution >= 4 is 22.6 Å². The number of unbranched alkanes of at least 4 members (excludes halogenated alkanes) is 1. The number of fused-ring (bicyclic) bond motifs is 1. The number of nitrogens with zero attached hydrogens (tertiary/aromatic N) is 1. The number of carboxylic acids is 1. The Balaban J connectivity index is 2.37. The second-order valence-electron chi connectivity index (χ2n) is 6.17. The van der Waals surface area contributed by atoms with Gasteiger partial charge in [0, 0.05) is 0 Å². The van der Waals surface area contributed by atoms with Crippen LogP contribution in [0.1, 0.15) is 55.6 Å². The van der Waals surface area contributed by atoms with Gasteiger partial charge in [-0.05, 0) is 31.4 Å². The summed E-state index contributed by atoms with van der Waals surface area (Å²) in [5.41, 5.74) is 7.49. The van der Waals surface area contributed by atoms with E-state index in [9.17, 15) is 9.90 Å². The van der Waals surface area contributed by atoms with Gasteiger partial charge < -0.3 is 15.6 Å². The van der Waals surface area contributed by atoms with Gasteiger partial charge in [-0.15, -0.1) is 0 Å². The van der Waals surface area contributed by atoms with Crippen LogP contribution >= 0.6 is 0 Å². The highest BCUT2D eigenvalue weighted by Gasteiger charge is 2.19. The quantitative estimate of drug-likeness (QED) is 0.748. The van der Waals surface area contributed by atoms with Crippen molar-refractivity contribution in [3.8, 4) is 5.75 Å². The number of hydrogen-bond donors (Lipinski definition) is 2. The van der Waals surface area contributed by atoms with E-state index >= 15 is 0 Å². The summed E-state index contributed by atoms with van der Waals surface area (Å²) in [5.74, 6) is 0.0253. The van der Waals surface area contributed by atoms with E-state index in [1.54, 1.807) is 6.92 Å². The number of carboxylic acid groups (broad SMARTS) is 1. The van der Waals surface area contributed by atoms with Crippen molar-refractivity contribution in [3.63, 3.8) is 0 Å². The van der Waals surface area contributed by atoms with Crippen LogP contribution in [0.3, 0.4) is 0 Å². The van der Waals surface area contributed by atoms with E-state index in [1.807, 2.05) is 18.2 Å². The summed E-state index contributed by atoms with van der Waals surface area (Å²) in [5, 5.41) is 9.98. The van der Waals surface area contributed by atoms with E-state index in [0.717, 1.165) is 12.8 Å². The van der Waals surface area contributed by atoms with Crippen LogP contribution in [0.2, 0.25) is 0 Å². The first-order chi connectivity index (χ1) is 11.5. The van der Waals surface area contributed by atoms with E-state index < -0.39 is 5.97 Å². The summed E-state index contributed by atoms with van der Waals surface area (Å²) in [6, 6.07) is 5.51. The monoisotopic (exact) mass is 330 g/mol. The second-order valence-corrected chi connectivity index (χ2v) is 6.17. The zero-order chi connectivity index (χ0) is 17.7. The molecule has 130 valence electrons.